The maximum Gasteiger partial charge on any atom is 0.324 e. The molecule has 2 N–H and O–H groups in total. The van der Waals surface area contributed by atoms with Crippen molar-refractivity contribution in [3.05, 3.63) is 42.4 Å². The molecule has 0 saturated heterocycles. The van der Waals surface area contributed by atoms with E-state index in [-0.39, 0.29) is 12.6 Å². The Bertz CT molecular complexity index is 501. The molecule has 1 aromatic heterocycles. The van der Waals surface area contributed by atoms with Crippen molar-refractivity contribution in [2.24, 2.45) is 5.73 Å². The number of aromatic nitrogens is 1. The zero-order valence-electron chi connectivity index (χ0n) is 10.7. The average molecular weight is 260 g/mol. The van der Waals surface area contributed by atoms with Gasteiger partial charge in [0.15, 0.2) is 0 Å². The van der Waals surface area contributed by atoms with E-state index in [1.54, 1.807) is 42.5 Å². The van der Waals surface area contributed by atoms with E-state index in [9.17, 15) is 9.59 Å². The number of nitrogens with two attached hydrogens (primary N) is 1. The molecular weight excluding hydrogens is 244 g/mol. The molecule has 0 aliphatic carbocycles. The van der Waals surface area contributed by atoms with E-state index in [0.29, 0.717) is 12.2 Å². The molecular formula is C13H16N4O2. The number of hydrogen-bond acceptors (Lipinski definition) is 3. The monoisotopic (exact) mass is 260 g/mol. The molecule has 1 aliphatic rings. The summed E-state index contributed by atoms with van der Waals surface area (Å²) in [5.41, 5.74) is 5.98. The van der Waals surface area contributed by atoms with Gasteiger partial charge in [0.25, 0.3) is 0 Å². The highest BCUT2D eigenvalue weighted by atomic mass is 16.2. The summed E-state index contributed by atoms with van der Waals surface area (Å²) in [5, 5.41) is 0. The fourth-order valence-electron chi connectivity index (χ4n) is 1.94. The summed E-state index contributed by atoms with van der Waals surface area (Å²) in [6.07, 6.45) is 5.14. The van der Waals surface area contributed by atoms with Crippen molar-refractivity contribution in [1.29, 1.82) is 0 Å². The second-order valence-corrected chi connectivity index (χ2v) is 4.41. The zero-order valence-corrected chi connectivity index (χ0v) is 10.7. The minimum absolute atomic E-state index is 0.148. The highest BCUT2D eigenvalue weighted by Crippen LogP contribution is 2.17. The number of rotatable bonds is 4. The van der Waals surface area contributed by atoms with Gasteiger partial charge in [0.05, 0.1) is 11.6 Å². The van der Waals surface area contributed by atoms with Gasteiger partial charge in [-0.2, -0.15) is 0 Å². The minimum Gasteiger partial charge on any atom is -0.369 e. The van der Waals surface area contributed by atoms with Gasteiger partial charge in [-0.3, -0.25) is 9.78 Å². The average Bonchev–Trinajstić information content (AvgIpc) is 2.41. The molecule has 6 nitrogen and oxygen atoms in total. The molecule has 1 aromatic rings. The summed E-state index contributed by atoms with van der Waals surface area (Å²) in [4.78, 5) is 30.7. The third-order valence-corrected chi connectivity index (χ3v) is 3.00. The van der Waals surface area contributed by atoms with Crippen LogP contribution in [0.25, 0.3) is 0 Å². The number of carbonyl (C=O) groups excluding carboxylic acids is 2. The van der Waals surface area contributed by atoms with Crippen LogP contribution in [-0.4, -0.2) is 46.9 Å². The topological polar surface area (TPSA) is 79.5 Å². The molecule has 2 rings (SSSR count). The molecule has 0 radical (unpaired) electrons. The van der Waals surface area contributed by atoms with Crippen molar-refractivity contribution in [3.8, 4) is 0 Å². The fraction of sp³-hybridized carbons (Fsp3) is 0.308. The number of pyridine rings is 1. The summed E-state index contributed by atoms with van der Waals surface area (Å²) in [7, 11) is 1.71. The van der Waals surface area contributed by atoms with E-state index < -0.39 is 11.8 Å². The first-order valence-corrected chi connectivity index (χ1v) is 5.98. The van der Waals surface area contributed by atoms with Crippen molar-refractivity contribution in [3.63, 3.8) is 0 Å². The van der Waals surface area contributed by atoms with Crippen LogP contribution >= 0.6 is 0 Å². The number of primary amides is 1. The van der Waals surface area contributed by atoms with Crippen LogP contribution in [0, 0.1) is 0 Å². The molecule has 0 saturated carbocycles. The Hall–Kier alpha value is -2.37. The lowest BCUT2D eigenvalue weighted by molar-refractivity contribution is -0.119. The molecule has 0 fully saturated rings. The quantitative estimate of drug-likeness (QED) is 0.857. The largest absolute Gasteiger partial charge is 0.369 e. The van der Waals surface area contributed by atoms with Gasteiger partial charge < -0.3 is 15.5 Å². The lowest BCUT2D eigenvalue weighted by atomic mass is 10.0. The lowest BCUT2D eigenvalue weighted by Gasteiger charge is -2.30. The standard InChI is InChI=1S/C13H16N4O2/c1-16-7-4-8-17(13(16)19)9-10(12(14)18)11-5-2-3-6-15-11/h2-6,8,10H,7,9H2,1H3,(H2,14,18). The Morgan fingerprint density at radius 3 is 2.95 bits per heavy atom. The SMILES string of the molecule is CN1CC=CN(CC(C(N)=O)c2ccccn2)C1=O. The molecule has 0 spiro atoms. The Balaban J connectivity index is 2.18. The Morgan fingerprint density at radius 2 is 2.32 bits per heavy atom. The number of likely N-dealkylation sites (N-methyl/N-ethyl adjacent to an activating group) is 1. The number of carbonyl (C=O) groups is 2. The van der Waals surface area contributed by atoms with Crippen molar-refractivity contribution >= 4 is 11.9 Å². The van der Waals surface area contributed by atoms with Crippen LogP contribution in [0.2, 0.25) is 0 Å². The van der Waals surface area contributed by atoms with Gasteiger partial charge in [0.2, 0.25) is 5.91 Å². The first kappa shape index (κ1) is 13.1. The Morgan fingerprint density at radius 1 is 1.53 bits per heavy atom. The van der Waals surface area contributed by atoms with Crippen molar-refractivity contribution in [2.75, 3.05) is 20.1 Å². The van der Waals surface area contributed by atoms with Crippen molar-refractivity contribution in [1.82, 2.24) is 14.8 Å². The summed E-state index contributed by atoms with van der Waals surface area (Å²) in [6, 6.07) is 5.14. The molecule has 1 atom stereocenters. The molecule has 19 heavy (non-hydrogen) atoms. The molecule has 2 heterocycles. The number of amides is 3. The number of nitrogens with zero attached hydrogens (tertiary/aromatic N) is 3. The van der Waals surface area contributed by atoms with Crippen molar-refractivity contribution in [2.45, 2.75) is 5.92 Å². The maximum absolute atomic E-state index is 11.9. The smallest absolute Gasteiger partial charge is 0.324 e. The molecule has 3 amide bonds. The van der Waals surface area contributed by atoms with Crippen LogP contribution in [0.5, 0.6) is 0 Å². The van der Waals surface area contributed by atoms with Gasteiger partial charge in [0.1, 0.15) is 0 Å². The maximum atomic E-state index is 11.9. The van der Waals surface area contributed by atoms with Crippen LogP contribution in [0.15, 0.2) is 36.7 Å². The predicted octanol–water partition coefficient (Wildman–Crippen LogP) is 0.532. The van der Waals surface area contributed by atoms with Crippen molar-refractivity contribution < 1.29 is 9.59 Å². The molecule has 100 valence electrons. The molecule has 0 bridgehead atoms. The second-order valence-electron chi connectivity index (χ2n) is 4.41. The van der Waals surface area contributed by atoms with E-state index >= 15 is 0 Å². The second kappa shape index (κ2) is 5.51. The summed E-state index contributed by atoms with van der Waals surface area (Å²) < 4.78 is 0. The van der Waals surface area contributed by atoms with Gasteiger partial charge in [0, 0.05) is 32.5 Å². The van der Waals surface area contributed by atoms with Gasteiger partial charge in [-0.15, -0.1) is 0 Å². The van der Waals surface area contributed by atoms with Crippen LogP contribution in [0.1, 0.15) is 11.6 Å². The van der Waals surface area contributed by atoms with Crippen LogP contribution in [0.3, 0.4) is 0 Å². The summed E-state index contributed by atoms with van der Waals surface area (Å²) in [6.45, 7) is 0.770. The van der Waals surface area contributed by atoms with E-state index in [4.69, 9.17) is 5.73 Å². The third kappa shape index (κ3) is 2.90. The molecule has 0 aromatic carbocycles. The van der Waals surface area contributed by atoms with Gasteiger partial charge in [-0.25, -0.2) is 4.79 Å². The van der Waals surface area contributed by atoms with Gasteiger partial charge in [-0.05, 0) is 18.2 Å². The normalized spacial score (nSPS) is 16.6. The summed E-state index contributed by atoms with van der Waals surface area (Å²) in [5.74, 6) is -1.10. The number of urea groups is 1. The molecule has 1 unspecified atom stereocenters. The molecule has 6 heteroatoms. The highest BCUT2D eigenvalue weighted by molar-refractivity contribution is 5.83. The Labute approximate surface area is 111 Å². The van der Waals surface area contributed by atoms with E-state index in [1.165, 1.54) is 4.90 Å². The number of hydrogen-bond donors (Lipinski definition) is 1. The van der Waals surface area contributed by atoms with Crippen LogP contribution in [-0.2, 0) is 4.79 Å². The Kier molecular flexibility index (Phi) is 3.79. The third-order valence-electron chi connectivity index (χ3n) is 3.00. The van der Waals surface area contributed by atoms with Gasteiger partial charge in [-0.1, -0.05) is 6.07 Å². The zero-order chi connectivity index (χ0) is 13.8. The predicted molar refractivity (Wildman–Crippen MR) is 70.0 cm³/mol. The summed E-state index contributed by atoms with van der Waals surface area (Å²) >= 11 is 0. The van der Waals surface area contributed by atoms with E-state index in [1.807, 2.05) is 6.08 Å². The minimum atomic E-state index is -0.610. The van der Waals surface area contributed by atoms with Crippen LogP contribution in [0.4, 0.5) is 4.79 Å². The van der Waals surface area contributed by atoms with E-state index in [2.05, 4.69) is 4.98 Å². The highest BCUT2D eigenvalue weighted by Gasteiger charge is 2.26. The first-order chi connectivity index (χ1) is 9.09. The van der Waals surface area contributed by atoms with E-state index in [0.717, 1.165) is 0 Å². The fourth-order valence-corrected chi connectivity index (χ4v) is 1.94. The van der Waals surface area contributed by atoms with Gasteiger partial charge >= 0.3 is 6.03 Å². The molecule has 1 aliphatic heterocycles. The first-order valence-electron chi connectivity index (χ1n) is 5.98. The lowest BCUT2D eigenvalue weighted by Crippen LogP contribution is -2.44. The van der Waals surface area contributed by atoms with Crippen LogP contribution < -0.4 is 5.73 Å².